The third-order valence-corrected chi connectivity index (χ3v) is 3.83. The topological polar surface area (TPSA) is 34.1 Å². The fourth-order valence-corrected chi connectivity index (χ4v) is 2.40. The number of carbonyl (C=O) groups excluding carboxylic acids is 2. The fraction of sp³-hybridized carbons (Fsp3) is 0.111. The van der Waals surface area contributed by atoms with Crippen LogP contribution < -0.4 is 0 Å². The van der Waals surface area contributed by atoms with Crippen LogP contribution in [0.4, 0.5) is 0 Å². The van der Waals surface area contributed by atoms with E-state index in [9.17, 15) is 9.59 Å². The highest BCUT2D eigenvalue weighted by Gasteiger charge is 2.10. The summed E-state index contributed by atoms with van der Waals surface area (Å²) in [5.74, 6) is -0.0436. The number of rotatable bonds is 6. The van der Waals surface area contributed by atoms with Gasteiger partial charge in [-0.2, -0.15) is 0 Å². The lowest BCUT2D eigenvalue weighted by Gasteiger charge is -2.04. The van der Waals surface area contributed by atoms with Gasteiger partial charge in [0, 0.05) is 17.5 Å². The largest absolute Gasteiger partial charge is 0.294 e. The van der Waals surface area contributed by atoms with Crippen molar-refractivity contribution in [1.29, 1.82) is 0 Å². The Balaban J connectivity index is 2.11. The Morgan fingerprint density at radius 1 is 0.905 bits per heavy atom. The molecule has 0 aromatic heterocycles. The minimum Gasteiger partial charge on any atom is -0.294 e. The van der Waals surface area contributed by atoms with Gasteiger partial charge in [0.25, 0.3) is 0 Å². The highest BCUT2D eigenvalue weighted by molar-refractivity contribution is 8.02. The van der Waals surface area contributed by atoms with Gasteiger partial charge in [-0.25, -0.2) is 0 Å². The van der Waals surface area contributed by atoms with Gasteiger partial charge in [-0.1, -0.05) is 60.7 Å². The Morgan fingerprint density at radius 3 is 1.95 bits per heavy atom. The molecule has 106 valence electrons. The molecule has 2 rings (SSSR count). The van der Waals surface area contributed by atoms with E-state index in [0.717, 1.165) is 4.91 Å². The monoisotopic (exact) mass is 296 g/mol. The highest BCUT2D eigenvalue weighted by Crippen LogP contribution is 2.20. The van der Waals surface area contributed by atoms with Crippen LogP contribution in [0, 0.1) is 0 Å². The van der Waals surface area contributed by atoms with Crippen LogP contribution >= 0.6 is 11.8 Å². The van der Waals surface area contributed by atoms with E-state index >= 15 is 0 Å². The Kier molecular flexibility index (Phi) is 5.52. The van der Waals surface area contributed by atoms with E-state index in [2.05, 4.69) is 0 Å². The summed E-state index contributed by atoms with van der Waals surface area (Å²) in [6.45, 7) is 0. The third kappa shape index (κ3) is 4.43. The molecular weight excluding hydrogens is 280 g/mol. The molecule has 0 unspecified atom stereocenters. The molecule has 0 aliphatic carbocycles. The lowest BCUT2D eigenvalue weighted by atomic mass is 10.1. The number of Topliss-reactive ketones (excluding diaryl/α,β-unsaturated/α-hetero) is 1. The van der Waals surface area contributed by atoms with Gasteiger partial charge < -0.3 is 0 Å². The highest BCUT2D eigenvalue weighted by atomic mass is 32.2. The van der Waals surface area contributed by atoms with E-state index in [4.69, 9.17) is 0 Å². The molecule has 21 heavy (non-hydrogen) atoms. The SMILES string of the molecule is CS/C(=C\C(=O)c1ccccc1)CC(=O)c1ccccc1. The zero-order valence-corrected chi connectivity index (χ0v) is 12.6. The zero-order valence-electron chi connectivity index (χ0n) is 11.8. The van der Waals surface area contributed by atoms with Crippen LogP contribution in [-0.2, 0) is 0 Å². The molecule has 0 aliphatic heterocycles. The lowest BCUT2D eigenvalue weighted by Crippen LogP contribution is -2.01. The quantitative estimate of drug-likeness (QED) is 0.585. The second-order valence-electron chi connectivity index (χ2n) is 4.51. The van der Waals surface area contributed by atoms with Crippen molar-refractivity contribution in [3.05, 3.63) is 82.8 Å². The molecule has 0 spiro atoms. The van der Waals surface area contributed by atoms with Crippen LogP contribution in [-0.4, -0.2) is 17.8 Å². The Bertz CT molecular complexity index is 645. The average molecular weight is 296 g/mol. The summed E-state index contributed by atoms with van der Waals surface area (Å²) in [4.78, 5) is 25.1. The van der Waals surface area contributed by atoms with Crippen molar-refractivity contribution in [1.82, 2.24) is 0 Å². The molecule has 2 aromatic rings. The standard InChI is InChI=1S/C18H16O2S/c1-21-16(12-17(19)14-8-4-2-5-9-14)13-18(20)15-10-6-3-7-11-15/h2-12H,13H2,1H3/b16-12-. The van der Waals surface area contributed by atoms with Gasteiger partial charge in [0.05, 0.1) is 0 Å². The van der Waals surface area contributed by atoms with Crippen LogP contribution in [0.15, 0.2) is 71.6 Å². The number of thioether (sulfide) groups is 1. The normalized spacial score (nSPS) is 11.2. The Labute approximate surface area is 128 Å². The maximum Gasteiger partial charge on any atom is 0.186 e. The number of hydrogen-bond donors (Lipinski definition) is 0. The molecule has 0 N–H and O–H groups in total. The van der Waals surface area contributed by atoms with Crippen LogP contribution in [0.25, 0.3) is 0 Å². The first kappa shape index (κ1) is 15.3. The van der Waals surface area contributed by atoms with Crippen molar-refractivity contribution in [2.45, 2.75) is 6.42 Å². The molecule has 2 nitrogen and oxygen atoms in total. The van der Waals surface area contributed by atoms with Crippen LogP contribution in [0.2, 0.25) is 0 Å². The number of allylic oxidation sites excluding steroid dienone is 2. The van der Waals surface area contributed by atoms with Crippen molar-refractivity contribution in [3.63, 3.8) is 0 Å². The van der Waals surface area contributed by atoms with Crippen LogP contribution in [0.5, 0.6) is 0 Å². The molecule has 0 bridgehead atoms. The maximum atomic E-state index is 12.2. The maximum absolute atomic E-state index is 12.2. The summed E-state index contributed by atoms with van der Waals surface area (Å²) in [5, 5.41) is 0. The van der Waals surface area contributed by atoms with Gasteiger partial charge in [-0.3, -0.25) is 9.59 Å². The van der Waals surface area contributed by atoms with Crippen LogP contribution in [0.1, 0.15) is 27.1 Å². The summed E-state index contributed by atoms with van der Waals surface area (Å²) >= 11 is 1.44. The molecule has 0 aliphatic rings. The molecular formula is C18H16O2S. The molecule has 0 heterocycles. The fourth-order valence-electron chi connectivity index (χ4n) is 1.90. The van der Waals surface area contributed by atoms with Gasteiger partial charge in [-0.15, -0.1) is 11.8 Å². The van der Waals surface area contributed by atoms with E-state index in [1.807, 2.05) is 42.7 Å². The van der Waals surface area contributed by atoms with E-state index in [1.54, 1.807) is 30.3 Å². The second kappa shape index (κ2) is 7.60. The number of benzene rings is 2. The molecule has 2 aromatic carbocycles. The van der Waals surface area contributed by atoms with Crippen molar-refractivity contribution in [3.8, 4) is 0 Å². The van der Waals surface area contributed by atoms with E-state index in [-0.39, 0.29) is 18.0 Å². The van der Waals surface area contributed by atoms with E-state index < -0.39 is 0 Å². The van der Waals surface area contributed by atoms with Gasteiger partial charge in [-0.05, 0) is 17.2 Å². The summed E-state index contributed by atoms with van der Waals surface area (Å²) in [6, 6.07) is 18.2. The van der Waals surface area contributed by atoms with Crippen LogP contribution in [0.3, 0.4) is 0 Å². The Morgan fingerprint density at radius 2 is 1.43 bits per heavy atom. The van der Waals surface area contributed by atoms with Crippen molar-refractivity contribution >= 4 is 23.3 Å². The van der Waals surface area contributed by atoms with E-state index in [1.165, 1.54) is 11.8 Å². The molecule has 0 atom stereocenters. The zero-order chi connectivity index (χ0) is 15.1. The van der Waals surface area contributed by atoms with Gasteiger partial charge in [0.2, 0.25) is 0 Å². The molecule has 3 heteroatoms. The van der Waals surface area contributed by atoms with Gasteiger partial charge in [0.15, 0.2) is 11.6 Å². The molecule has 0 saturated carbocycles. The van der Waals surface area contributed by atoms with Crippen molar-refractivity contribution in [2.75, 3.05) is 6.26 Å². The number of ketones is 2. The first-order valence-corrected chi connectivity index (χ1v) is 7.85. The van der Waals surface area contributed by atoms with Crippen molar-refractivity contribution in [2.24, 2.45) is 0 Å². The molecule has 0 saturated heterocycles. The first-order chi connectivity index (χ1) is 10.2. The smallest absolute Gasteiger partial charge is 0.186 e. The minimum absolute atomic E-state index is 0.0251. The predicted molar refractivity (Wildman–Crippen MR) is 87.8 cm³/mol. The summed E-state index contributed by atoms with van der Waals surface area (Å²) < 4.78 is 0. The second-order valence-corrected chi connectivity index (χ2v) is 5.44. The number of hydrogen-bond acceptors (Lipinski definition) is 3. The lowest BCUT2D eigenvalue weighted by molar-refractivity contribution is 0.0995. The minimum atomic E-state index is -0.0687. The van der Waals surface area contributed by atoms with Gasteiger partial charge in [0.1, 0.15) is 0 Å². The Hall–Kier alpha value is -2.13. The number of carbonyl (C=O) groups is 2. The van der Waals surface area contributed by atoms with E-state index in [0.29, 0.717) is 11.1 Å². The average Bonchev–Trinajstić information content (AvgIpc) is 2.55. The first-order valence-electron chi connectivity index (χ1n) is 6.63. The predicted octanol–water partition coefficient (Wildman–Crippen LogP) is 4.39. The summed E-state index contributed by atoms with van der Waals surface area (Å²) in [6.07, 6.45) is 3.69. The summed E-state index contributed by atoms with van der Waals surface area (Å²) in [5.41, 5.74) is 1.31. The van der Waals surface area contributed by atoms with Crippen molar-refractivity contribution < 1.29 is 9.59 Å². The third-order valence-electron chi connectivity index (χ3n) is 3.04. The summed E-state index contributed by atoms with van der Waals surface area (Å²) in [7, 11) is 0. The molecule has 0 amide bonds. The molecule has 0 fully saturated rings. The molecule has 0 radical (unpaired) electrons. The van der Waals surface area contributed by atoms with Gasteiger partial charge >= 0.3 is 0 Å².